The van der Waals surface area contributed by atoms with Gasteiger partial charge in [-0.2, -0.15) is 0 Å². The molecular weight excluding hydrogens is 300 g/mol. The lowest BCUT2D eigenvalue weighted by Crippen LogP contribution is -2.52. The Kier molecular flexibility index (Phi) is 4.16. The highest BCUT2D eigenvalue weighted by molar-refractivity contribution is 7.19. The Labute approximate surface area is 133 Å². The van der Waals surface area contributed by atoms with Crippen molar-refractivity contribution in [1.29, 1.82) is 0 Å². The van der Waals surface area contributed by atoms with Crippen LogP contribution >= 0.6 is 11.3 Å². The fourth-order valence-electron chi connectivity index (χ4n) is 3.06. The van der Waals surface area contributed by atoms with Crippen molar-refractivity contribution in [2.45, 2.75) is 38.5 Å². The van der Waals surface area contributed by atoms with Crippen molar-refractivity contribution in [2.75, 3.05) is 13.1 Å². The second-order valence-corrected chi connectivity index (χ2v) is 7.53. The molecule has 2 aromatic heterocycles. The minimum atomic E-state index is -0.811. The summed E-state index contributed by atoms with van der Waals surface area (Å²) in [6, 6.07) is 6.14. The first-order chi connectivity index (χ1) is 10.4. The number of carboxylic acid groups (broad SMARTS) is 1. The summed E-state index contributed by atoms with van der Waals surface area (Å²) in [5.74, 6) is -0.811. The normalized spacial score (nSPS) is 22.0. The van der Waals surface area contributed by atoms with Crippen molar-refractivity contribution in [3.05, 3.63) is 29.3 Å². The van der Waals surface area contributed by atoms with E-state index in [1.807, 2.05) is 19.9 Å². The molecule has 6 heteroatoms. The van der Waals surface area contributed by atoms with Crippen LogP contribution in [-0.2, 0) is 16.1 Å². The number of morpholine rings is 1. The standard InChI is InChI=1S/C16H20N2O3S/c1-16(2)10-18(8-11(21-16)6-15(19)20)9-12-7-13-14(22-12)4-3-5-17-13/h3-5,7,11H,6,8-10H2,1-2H3,(H,19,20). The summed E-state index contributed by atoms with van der Waals surface area (Å²) in [6.07, 6.45) is 1.60. The van der Waals surface area contributed by atoms with Crippen molar-refractivity contribution in [1.82, 2.24) is 9.88 Å². The van der Waals surface area contributed by atoms with E-state index in [1.54, 1.807) is 17.5 Å². The number of aromatic nitrogens is 1. The number of rotatable bonds is 4. The molecule has 22 heavy (non-hydrogen) atoms. The van der Waals surface area contributed by atoms with Crippen LogP contribution in [0.3, 0.4) is 0 Å². The Hall–Kier alpha value is -1.50. The zero-order valence-corrected chi connectivity index (χ0v) is 13.6. The van der Waals surface area contributed by atoms with Gasteiger partial charge in [-0.25, -0.2) is 0 Å². The lowest BCUT2D eigenvalue weighted by molar-refractivity contribution is -0.158. The number of aliphatic carboxylic acids is 1. The Morgan fingerprint density at radius 1 is 1.59 bits per heavy atom. The average molecular weight is 320 g/mol. The van der Waals surface area contributed by atoms with E-state index in [2.05, 4.69) is 22.0 Å². The van der Waals surface area contributed by atoms with E-state index in [4.69, 9.17) is 9.84 Å². The maximum atomic E-state index is 11.0. The second kappa shape index (κ2) is 5.95. The molecule has 1 aliphatic rings. The van der Waals surface area contributed by atoms with Crippen molar-refractivity contribution < 1.29 is 14.6 Å². The fraction of sp³-hybridized carbons (Fsp3) is 0.500. The molecule has 2 aromatic rings. The van der Waals surface area contributed by atoms with Gasteiger partial charge in [0, 0.05) is 30.7 Å². The van der Waals surface area contributed by atoms with Crippen LogP contribution < -0.4 is 0 Å². The molecule has 0 amide bonds. The molecule has 0 bridgehead atoms. The molecule has 118 valence electrons. The Morgan fingerprint density at radius 3 is 3.14 bits per heavy atom. The number of nitrogens with zero attached hydrogens (tertiary/aromatic N) is 2. The number of carbonyl (C=O) groups is 1. The van der Waals surface area contributed by atoms with E-state index in [1.165, 1.54) is 9.58 Å². The highest BCUT2D eigenvalue weighted by Crippen LogP contribution is 2.28. The lowest BCUT2D eigenvalue weighted by Gasteiger charge is -2.42. The highest BCUT2D eigenvalue weighted by Gasteiger charge is 2.34. The average Bonchev–Trinajstić information content (AvgIpc) is 2.77. The Balaban J connectivity index is 1.73. The monoisotopic (exact) mass is 320 g/mol. The lowest BCUT2D eigenvalue weighted by atomic mass is 10.0. The van der Waals surface area contributed by atoms with Gasteiger partial charge >= 0.3 is 5.97 Å². The van der Waals surface area contributed by atoms with E-state index in [-0.39, 0.29) is 18.1 Å². The number of hydrogen-bond donors (Lipinski definition) is 1. The number of pyridine rings is 1. The van der Waals surface area contributed by atoms with Gasteiger partial charge < -0.3 is 9.84 Å². The Morgan fingerprint density at radius 2 is 2.41 bits per heavy atom. The van der Waals surface area contributed by atoms with Crippen LogP contribution in [0.2, 0.25) is 0 Å². The van der Waals surface area contributed by atoms with Gasteiger partial charge in [0.05, 0.1) is 28.3 Å². The van der Waals surface area contributed by atoms with E-state index >= 15 is 0 Å². The SMILES string of the molecule is CC1(C)CN(Cc2cc3ncccc3s2)CC(CC(=O)O)O1. The summed E-state index contributed by atoms with van der Waals surface area (Å²) in [6.45, 7) is 6.28. The predicted octanol–water partition coefficient (Wildman–Crippen LogP) is 2.75. The van der Waals surface area contributed by atoms with Crippen LogP contribution in [0.25, 0.3) is 10.2 Å². The number of carboxylic acids is 1. The quantitative estimate of drug-likeness (QED) is 0.938. The van der Waals surface area contributed by atoms with Crippen LogP contribution in [0.15, 0.2) is 24.4 Å². The van der Waals surface area contributed by atoms with Crippen molar-refractivity contribution >= 4 is 27.5 Å². The van der Waals surface area contributed by atoms with Gasteiger partial charge in [0.15, 0.2) is 0 Å². The van der Waals surface area contributed by atoms with Gasteiger partial charge in [-0.1, -0.05) is 0 Å². The van der Waals surface area contributed by atoms with Gasteiger partial charge in [-0.15, -0.1) is 11.3 Å². The summed E-state index contributed by atoms with van der Waals surface area (Å²) >= 11 is 1.74. The highest BCUT2D eigenvalue weighted by atomic mass is 32.1. The first-order valence-electron chi connectivity index (χ1n) is 7.37. The third-order valence-corrected chi connectivity index (χ3v) is 4.75. The molecule has 0 saturated carbocycles. The Bertz CT molecular complexity index is 650. The third kappa shape index (κ3) is 3.63. The topological polar surface area (TPSA) is 62.7 Å². The third-order valence-electron chi connectivity index (χ3n) is 3.67. The second-order valence-electron chi connectivity index (χ2n) is 6.37. The summed E-state index contributed by atoms with van der Waals surface area (Å²) in [7, 11) is 0. The van der Waals surface area contributed by atoms with Crippen LogP contribution in [0.5, 0.6) is 0 Å². The molecule has 0 aromatic carbocycles. The van der Waals surface area contributed by atoms with Gasteiger partial charge in [0.1, 0.15) is 0 Å². The van der Waals surface area contributed by atoms with Crippen LogP contribution in [-0.4, -0.2) is 45.8 Å². The molecule has 1 atom stereocenters. The summed E-state index contributed by atoms with van der Waals surface area (Å²) < 4.78 is 7.07. The zero-order chi connectivity index (χ0) is 15.7. The zero-order valence-electron chi connectivity index (χ0n) is 12.8. The van der Waals surface area contributed by atoms with E-state index in [9.17, 15) is 4.79 Å². The van der Waals surface area contributed by atoms with E-state index < -0.39 is 5.97 Å². The molecule has 1 N–H and O–H groups in total. The minimum absolute atomic E-state index is 0.0495. The van der Waals surface area contributed by atoms with Gasteiger partial charge in [0.2, 0.25) is 0 Å². The van der Waals surface area contributed by atoms with Crippen molar-refractivity contribution in [3.8, 4) is 0 Å². The largest absolute Gasteiger partial charge is 0.481 e. The molecule has 1 saturated heterocycles. The number of hydrogen-bond acceptors (Lipinski definition) is 5. The minimum Gasteiger partial charge on any atom is -0.481 e. The predicted molar refractivity (Wildman–Crippen MR) is 86.1 cm³/mol. The maximum Gasteiger partial charge on any atom is 0.306 e. The summed E-state index contributed by atoms with van der Waals surface area (Å²) in [5.41, 5.74) is 0.699. The molecule has 5 nitrogen and oxygen atoms in total. The molecule has 3 rings (SSSR count). The van der Waals surface area contributed by atoms with E-state index in [0.29, 0.717) is 6.54 Å². The molecule has 0 radical (unpaired) electrons. The number of ether oxygens (including phenoxy) is 1. The number of thiophene rings is 1. The molecule has 0 aliphatic carbocycles. The van der Waals surface area contributed by atoms with Gasteiger partial charge in [0.25, 0.3) is 0 Å². The molecular formula is C16H20N2O3S. The molecule has 1 unspecified atom stereocenters. The maximum absolute atomic E-state index is 11.0. The molecule has 3 heterocycles. The fourth-order valence-corrected chi connectivity index (χ4v) is 4.12. The molecule has 1 fully saturated rings. The first kappa shape index (κ1) is 15.4. The summed E-state index contributed by atoms with van der Waals surface area (Å²) in [5, 5.41) is 9.00. The molecule has 0 spiro atoms. The van der Waals surface area contributed by atoms with Crippen molar-refractivity contribution in [2.24, 2.45) is 0 Å². The van der Waals surface area contributed by atoms with Crippen molar-refractivity contribution in [3.63, 3.8) is 0 Å². The van der Waals surface area contributed by atoms with E-state index in [0.717, 1.165) is 18.6 Å². The molecule has 1 aliphatic heterocycles. The van der Waals surface area contributed by atoms with Gasteiger partial charge in [-0.05, 0) is 32.0 Å². The van der Waals surface area contributed by atoms with Crippen LogP contribution in [0.1, 0.15) is 25.1 Å². The number of fused-ring (bicyclic) bond motifs is 1. The van der Waals surface area contributed by atoms with Crippen LogP contribution in [0.4, 0.5) is 0 Å². The van der Waals surface area contributed by atoms with Crippen LogP contribution in [0, 0.1) is 0 Å². The smallest absolute Gasteiger partial charge is 0.306 e. The van der Waals surface area contributed by atoms with Gasteiger partial charge in [-0.3, -0.25) is 14.7 Å². The summed E-state index contributed by atoms with van der Waals surface area (Å²) in [4.78, 5) is 18.9. The first-order valence-corrected chi connectivity index (χ1v) is 8.18.